The van der Waals surface area contributed by atoms with Crippen LogP contribution in [0.25, 0.3) is 6.08 Å². The van der Waals surface area contributed by atoms with E-state index >= 15 is 0 Å². The van der Waals surface area contributed by atoms with Crippen molar-refractivity contribution in [1.29, 1.82) is 5.26 Å². The fourth-order valence-corrected chi connectivity index (χ4v) is 4.71. The van der Waals surface area contributed by atoms with Crippen LogP contribution >= 0.6 is 24.0 Å². The maximum Gasteiger partial charge on any atom is 0.270 e. The number of likely N-dealkylation sites (N-methyl/N-ethyl adjacent to an activating group) is 2. The number of thiocarbonyl (C=S) groups is 1. The standard InChI is InChI=1S/C19H23N5O2S2/c1-5-23-6-8-24(9-7-23)16-13(10-15-18(26)22(4)19(27)28-15)12(2)14(11-20)17(25)21(16)3/h10H,5-9H2,1-4H3/b15-10-. The number of nitrogens with zero attached hydrogens (tertiary/aromatic N) is 5. The molecule has 0 N–H and O–H groups in total. The maximum absolute atomic E-state index is 12.7. The van der Waals surface area contributed by atoms with Crippen LogP contribution in [0.2, 0.25) is 0 Å². The van der Waals surface area contributed by atoms with Crippen LogP contribution in [-0.4, -0.2) is 64.4 Å². The number of hydrogen-bond acceptors (Lipinski definition) is 7. The van der Waals surface area contributed by atoms with Gasteiger partial charge in [-0.25, -0.2) is 0 Å². The highest BCUT2D eigenvalue weighted by Gasteiger charge is 2.31. The van der Waals surface area contributed by atoms with Crippen molar-refractivity contribution in [3.63, 3.8) is 0 Å². The molecular formula is C19H23N5O2S2. The van der Waals surface area contributed by atoms with Crippen molar-refractivity contribution in [2.75, 3.05) is 44.7 Å². The largest absolute Gasteiger partial charge is 0.355 e. The van der Waals surface area contributed by atoms with E-state index in [2.05, 4.69) is 16.7 Å². The fourth-order valence-electron chi connectivity index (χ4n) is 3.55. The van der Waals surface area contributed by atoms with E-state index in [9.17, 15) is 14.9 Å². The first-order chi connectivity index (χ1) is 13.3. The van der Waals surface area contributed by atoms with Gasteiger partial charge in [0.05, 0.1) is 4.91 Å². The van der Waals surface area contributed by atoms with Gasteiger partial charge in [0.15, 0.2) is 0 Å². The molecule has 1 aromatic heterocycles. The zero-order valence-electron chi connectivity index (χ0n) is 16.5. The molecule has 1 aromatic rings. The van der Waals surface area contributed by atoms with E-state index < -0.39 is 0 Å². The van der Waals surface area contributed by atoms with Crippen LogP contribution in [-0.2, 0) is 11.8 Å². The van der Waals surface area contributed by atoms with Crippen LogP contribution in [0.15, 0.2) is 9.70 Å². The number of amides is 1. The van der Waals surface area contributed by atoms with E-state index in [1.54, 1.807) is 27.1 Å². The number of piperazine rings is 1. The van der Waals surface area contributed by atoms with Gasteiger partial charge < -0.3 is 9.80 Å². The third-order valence-electron chi connectivity index (χ3n) is 5.35. The number of carbonyl (C=O) groups is 1. The molecule has 0 spiro atoms. The van der Waals surface area contributed by atoms with Crippen LogP contribution in [0.5, 0.6) is 0 Å². The van der Waals surface area contributed by atoms with Gasteiger partial charge in [-0.2, -0.15) is 5.26 Å². The summed E-state index contributed by atoms with van der Waals surface area (Å²) in [6.07, 6.45) is 1.78. The van der Waals surface area contributed by atoms with Gasteiger partial charge in [-0.3, -0.25) is 19.1 Å². The van der Waals surface area contributed by atoms with Gasteiger partial charge in [0.1, 0.15) is 21.8 Å². The summed E-state index contributed by atoms with van der Waals surface area (Å²) in [6.45, 7) is 8.26. The van der Waals surface area contributed by atoms with Gasteiger partial charge in [-0.05, 0) is 25.1 Å². The van der Waals surface area contributed by atoms with Crippen molar-refractivity contribution in [1.82, 2.24) is 14.4 Å². The molecule has 0 aliphatic carbocycles. The van der Waals surface area contributed by atoms with Crippen molar-refractivity contribution in [3.05, 3.63) is 31.9 Å². The number of hydrogen-bond donors (Lipinski definition) is 0. The molecule has 2 fully saturated rings. The molecule has 0 aromatic carbocycles. The monoisotopic (exact) mass is 417 g/mol. The Morgan fingerprint density at radius 2 is 1.86 bits per heavy atom. The van der Waals surface area contributed by atoms with Crippen molar-refractivity contribution >= 4 is 46.1 Å². The van der Waals surface area contributed by atoms with E-state index in [-0.39, 0.29) is 17.0 Å². The average molecular weight is 418 g/mol. The summed E-state index contributed by atoms with van der Waals surface area (Å²) in [4.78, 5) is 31.7. The predicted octanol–water partition coefficient (Wildman–Crippen LogP) is 1.54. The lowest BCUT2D eigenvalue weighted by Gasteiger charge is -2.37. The summed E-state index contributed by atoms with van der Waals surface area (Å²) >= 11 is 6.47. The quantitative estimate of drug-likeness (QED) is 0.546. The fraction of sp³-hybridized carbons (Fsp3) is 0.474. The van der Waals surface area contributed by atoms with Crippen molar-refractivity contribution < 1.29 is 4.79 Å². The normalized spacial score (nSPS) is 19.6. The third-order valence-corrected chi connectivity index (χ3v) is 6.83. The summed E-state index contributed by atoms with van der Waals surface area (Å²) in [5, 5.41) is 9.51. The lowest BCUT2D eigenvalue weighted by molar-refractivity contribution is -0.121. The average Bonchev–Trinajstić information content (AvgIpc) is 2.93. The van der Waals surface area contributed by atoms with Crippen LogP contribution in [0.4, 0.5) is 5.82 Å². The molecule has 9 heteroatoms. The lowest BCUT2D eigenvalue weighted by Crippen LogP contribution is -2.48. The van der Waals surface area contributed by atoms with Crippen LogP contribution < -0.4 is 10.5 Å². The second-order valence-electron chi connectivity index (χ2n) is 6.88. The summed E-state index contributed by atoms with van der Waals surface area (Å²) in [5.41, 5.74) is 1.13. The highest BCUT2D eigenvalue weighted by Crippen LogP contribution is 2.35. The number of aromatic nitrogens is 1. The van der Waals surface area contributed by atoms with E-state index in [4.69, 9.17) is 12.2 Å². The second-order valence-corrected chi connectivity index (χ2v) is 8.55. The third kappa shape index (κ3) is 3.48. The Hall–Kier alpha value is -2.15. The first-order valence-electron chi connectivity index (χ1n) is 9.12. The van der Waals surface area contributed by atoms with Gasteiger partial charge in [0.25, 0.3) is 11.5 Å². The molecular weight excluding hydrogens is 394 g/mol. The molecule has 3 rings (SSSR count). The topological polar surface area (TPSA) is 72.6 Å². The molecule has 3 heterocycles. The number of thioether (sulfide) groups is 1. The van der Waals surface area contributed by atoms with E-state index in [1.165, 1.54) is 21.2 Å². The molecule has 0 radical (unpaired) electrons. The molecule has 7 nitrogen and oxygen atoms in total. The Morgan fingerprint density at radius 3 is 2.36 bits per heavy atom. The van der Waals surface area contributed by atoms with Gasteiger partial charge in [-0.1, -0.05) is 30.9 Å². The first-order valence-corrected chi connectivity index (χ1v) is 10.3. The van der Waals surface area contributed by atoms with Gasteiger partial charge in [-0.15, -0.1) is 0 Å². The van der Waals surface area contributed by atoms with Crippen LogP contribution in [0.1, 0.15) is 23.6 Å². The molecule has 148 valence electrons. The number of carbonyl (C=O) groups excluding carboxylic acids is 1. The molecule has 2 saturated heterocycles. The van der Waals surface area contributed by atoms with Crippen molar-refractivity contribution in [3.8, 4) is 6.07 Å². The maximum atomic E-state index is 12.7. The zero-order chi connectivity index (χ0) is 20.6. The Bertz CT molecular complexity index is 968. The SMILES string of the molecule is CCN1CCN(c2c(/C=C3\SC(=S)N(C)C3=O)c(C)c(C#N)c(=O)n2C)CC1. The zero-order valence-corrected chi connectivity index (χ0v) is 18.1. The van der Waals surface area contributed by atoms with Gasteiger partial charge >= 0.3 is 0 Å². The number of nitriles is 1. The summed E-state index contributed by atoms with van der Waals surface area (Å²) in [7, 11) is 3.34. The molecule has 0 unspecified atom stereocenters. The van der Waals surface area contributed by atoms with E-state index in [0.717, 1.165) is 44.1 Å². The second kappa shape index (κ2) is 8.07. The smallest absolute Gasteiger partial charge is 0.270 e. The molecule has 1 amide bonds. The van der Waals surface area contributed by atoms with Gasteiger partial charge in [0.2, 0.25) is 0 Å². The summed E-state index contributed by atoms with van der Waals surface area (Å²) in [5.74, 6) is 0.585. The highest BCUT2D eigenvalue weighted by atomic mass is 32.2. The Balaban J connectivity index is 2.17. The number of rotatable bonds is 3. The lowest BCUT2D eigenvalue weighted by atomic mass is 10.0. The number of pyridine rings is 1. The van der Waals surface area contributed by atoms with Crippen LogP contribution in [0.3, 0.4) is 0 Å². The van der Waals surface area contributed by atoms with Crippen molar-refractivity contribution in [2.45, 2.75) is 13.8 Å². The highest BCUT2D eigenvalue weighted by molar-refractivity contribution is 8.26. The Morgan fingerprint density at radius 1 is 1.21 bits per heavy atom. The molecule has 2 aliphatic heterocycles. The van der Waals surface area contributed by atoms with Gasteiger partial charge in [0, 0.05) is 45.8 Å². The summed E-state index contributed by atoms with van der Waals surface area (Å²) in [6, 6.07) is 2.03. The molecule has 28 heavy (non-hydrogen) atoms. The first kappa shape index (κ1) is 20.6. The Kier molecular flexibility index (Phi) is 5.93. The summed E-state index contributed by atoms with van der Waals surface area (Å²) < 4.78 is 2.03. The predicted molar refractivity (Wildman–Crippen MR) is 116 cm³/mol. The van der Waals surface area contributed by atoms with Crippen LogP contribution in [0, 0.1) is 18.3 Å². The minimum atomic E-state index is -0.312. The minimum absolute atomic E-state index is 0.108. The minimum Gasteiger partial charge on any atom is -0.355 e. The molecule has 0 atom stereocenters. The molecule has 0 saturated carbocycles. The number of anilines is 1. The van der Waals surface area contributed by atoms with E-state index in [0.29, 0.717) is 14.8 Å². The van der Waals surface area contributed by atoms with E-state index in [1.807, 2.05) is 6.07 Å². The molecule has 2 aliphatic rings. The Labute approximate surface area is 174 Å². The van der Waals surface area contributed by atoms with Crippen molar-refractivity contribution in [2.24, 2.45) is 7.05 Å². The molecule has 0 bridgehead atoms.